The molecule has 0 radical (unpaired) electrons. The van der Waals surface area contributed by atoms with E-state index in [-0.39, 0.29) is 12.5 Å². The number of ether oxygens (including phenoxy) is 1. The van der Waals surface area contributed by atoms with E-state index in [4.69, 9.17) is 27.9 Å². The Balaban J connectivity index is 1.81. The van der Waals surface area contributed by atoms with Gasteiger partial charge in [-0.2, -0.15) is 0 Å². The van der Waals surface area contributed by atoms with Crippen molar-refractivity contribution in [2.45, 2.75) is 20.4 Å². The summed E-state index contributed by atoms with van der Waals surface area (Å²) in [7, 11) is 0. The molecule has 0 spiro atoms. The van der Waals surface area contributed by atoms with Crippen LogP contribution in [-0.4, -0.2) is 25.6 Å². The van der Waals surface area contributed by atoms with Crippen molar-refractivity contribution in [2.24, 2.45) is 0 Å². The minimum absolute atomic E-state index is 0.0983. The second kappa shape index (κ2) is 9.54. The Morgan fingerprint density at radius 3 is 2.36 bits per heavy atom. The number of halogens is 2. The third-order valence-electron chi connectivity index (χ3n) is 3.81. The summed E-state index contributed by atoms with van der Waals surface area (Å²) in [6.07, 6.45) is 0. The first-order chi connectivity index (χ1) is 12.0. The van der Waals surface area contributed by atoms with Crippen LogP contribution in [0.15, 0.2) is 42.5 Å². The van der Waals surface area contributed by atoms with Gasteiger partial charge in [-0.15, -0.1) is 0 Å². The molecule has 0 aliphatic heterocycles. The number of hydrogen-bond acceptors (Lipinski definition) is 3. The summed E-state index contributed by atoms with van der Waals surface area (Å²) in [4.78, 5) is 14.2. The van der Waals surface area contributed by atoms with Crippen LogP contribution >= 0.6 is 23.2 Å². The number of carbonyl (C=O) groups excluding carboxylic acids is 1. The van der Waals surface area contributed by atoms with Crippen molar-refractivity contribution in [3.63, 3.8) is 0 Å². The number of amides is 1. The number of anilines is 1. The van der Waals surface area contributed by atoms with Crippen LogP contribution in [0, 0.1) is 0 Å². The number of benzene rings is 2. The van der Waals surface area contributed by atoms with E-state index in [0.29, 0.717) is 22.3 Å². The molecule has 2 rings (SSSR count). The molecule has 0 aliphatic rings. The Labute approximate surface area is 158 Å². The topological polar surface area (TPSA) is 41.6 Å². The van der Waals surface area contributed by atoms with Crippen molar-refractivity contribution >= 4 is 34.8 Å². The van der Waals surface area contributed by atoms with Gasteiger partial charge in [0.05, 0.1) is 5.02 Å². The van der Waals surface area contributed by atoms with Crippen molar-refractivity contribution in [1.29, 1.82) is 0 Å². The Bertz CT molecular complexity index is 701. The van der Waals surface area contributed by atoms with E-state index in [2.05, 4.69) is 36.2 Å². The van der Waals surface area contributed by atoms with E-state index in [0.717, 1.165) is 18.7 Å². The molecular weight excluding hydrogens is 359 g/mol. The summed E-state index contributed by atoms with van der Waals surface area (Å²) < 4.78 is 5.41. The summed E-state index contributed by atoms with van der Waals surface area (Å²) >= 11 is 11.8. The molecule has 1 amide bonds. The quantitative estimate of drug-likeness (QED) is 0.730. The molecule has 0 unspecified atom stereocenters. The van der Waals surface area contributed by atoms with Crippen molar-refractivity contribution < 1.29 is 9.53 Å². The number of carbonyl (C=O) groups is 1. The fourth-order valence-electron chi connectivity index (χ4n) is 2.40. The lowest BCUT2D eigenvalue weighted by Gasteiger charge is -2.21. The number of nitrogens with zero attached hydrogens (tertiary/aromatic N) is 1. The van der Waals surface area contributed by atoms with E-state index in [1.54, 1.807) is 18.2 Å². The second-order valence-electron chi connectivity index (χ2n) is 5.48. The zero-order valence-corrected chi connectivity index (χ0v) is 15.9. The molecule has 0 heterocycles. The van der Waals surface area contributed by atoms with Crippen LogP contribution < -0.4 is 15.0 Å². The first kappa shape index (κ1) is 19.4. The zero-order chi connectivity index (χ0) is 18.2. The molecule has 2 aromatic carbocycles. The molecule has 2 aromatic rings. The van der Waals surface area contributed by atoms with Gasteiger partial charge in [-0.05, 0) is 49.7 Å². The van der Waals surface area contributed by atoms with Crippen LogP contribution in [-0.2, 0) is 11.3 Å². The Morgan fingerprint density at radius 2 is 1.76 bits per heavy atom. The SMILES string of the molecule is CCN(CC)c1ccc(CNC(=O)COc2ccc(Cl)cc2Cl)cc1. The lowest BCUT2D eigenvalue weighted by atomic mass is 10.2. The number of rotatable bonds is 8. The highest BCUT2D eigenvalue weighted by molar-refractivity contribution is 6.35. The van der Waals surface area contributed by atoms with Gasteiger partial charge in [0.15, 0.2) is 6.61 Å². The summed E-state index contributed by atoms with van der Waals surface area (Å²) in [6.45, 7) is 6.55. The van der Waals surface area contributed by atoms with Crippen LogP contribution in [0.25, 0.3) is 0 Å². The third kappa shape index (κ3) is 5.83. The monoisotopic (exact) mass is 380 g/mol. The van der Waals surface area contributed by atoms with Crippen LogP contribution in [0.2, 0.25) is 10.0 Å². The molecule has 0 aliphatic carbocycles. The molecule has 6 heteroatoms. The maximum Gasteiger partial charge on any atom is 0.258 e. The highest BCUT2D eigenvalue weighted by atomic mass is 35.5. The van der Waals surface area contributed by atoms with E-state index in [9.17, 15) is 4.79 Å². The van der Waals surface area contributed by atoms with Crippen LogP contribution in [0.4, 0.5) is 5.69 Å². The maximum absolute atomic E-state index is 11.9. The molecule has 4 nitrogen and oxygen atoms in total. The van der Waals surface area contributed by atoms with Gasteiger partial charge in [-0.3, -0.25) is 4.79 Å². The molecule has 134 valence electrons. The first-order valence-electron chi connectivity index (χ1n) is 8.22. The number of hydrogen-bond donors (Lipinski definition) is 1. The van der Waals surface area contributed by atoms with Crippen LogP contribution in [0.5, 0.6) is 5.75 Å². The molecule has 0 aromatic heterocycles. The molecule has 0 saturated carbocycles. The lowest BCUT2D eigenvalue weighted by Crippen LogP contribution is -2.28. The van der Waals surface area contributed by atoms with E-state index < -0.39 is 0 Å². The molecule has 25 heavy (non-hydrogen) atoms. The minimum Gasteiger partial charge on any atom is -0.482 e. The highest BCUT2D eigenvalue weighted by Crippen LogP contribution is 2.27. The molecular formula is C19H22Cl2N2O2. The molecule has 0 atom stereocenters. The Morgan fingerprint density at radius 1 is 1.08 bits per heavy atom. The highest BCUT2D eigenvalue weighted by Gasteiger charge is 2.07. The fourth-order valence-corrected chi connectivity index (χ4v) is 2.86. The zero-order valence-electron chi connectivity index (χ0n) is 14.4. The van der Waals surface area contributed by atoms with Gasteiger partial charge in [0.2, 0.25) is 0 Å². The van der Waals surface area contributed by atoms with E-state index >= 15 is 0 Å². The van der Waals surface area contributed by atoms with Crippen molar-refractivity contribution in [1.82, 2.24) is 5.32 Å². The van der Waals surface area contributed by atoms with Crippen molar-refractivity contribution in [3.05, 3.63) is 58.1 Å². The smallest absolute Gasteiger partial charge is 0.258 e. The predicted molar refractivity (Wildman–Crippen MR) is 104 cm³/mol. The summed E-state index contributed by atoms with van der Waals surface area (Å²) in [5.41, 5.74) is 2.22. The fraction of sp³-hybridized carbons (Fsp3) is 0.316. The molecule has 0 saturated heterocycles. The van der Waals surface area contributed by atoms with E-state index in [1.807, 2.05) is 12.1 Å². The standard InChI is InChI=1S/C19H22Cl2N2O2/c1-3-23(4-2)16-8-5-14(6-9-16)12-22-19(24)13-25-18-10-7-15(20)11-17(18)21/h5-11H,3-4,12-13H2,1-2H3,(H,22,24). The lowest BCUT2D eigenvalue weighted by molar-refractivity contribution is -0.123. The van der Waals surface area contributed by atoms with Crippen molar-refractivity contribution in [3.8, 4) is 5.75 Å². The predicted octanol–water partition coefficient (Wildman–Crippen LogP) is 4.53. The molecule has 0 fully saturated rings. The Hall–Kier alpha value is -1.91. The van der Waals surface area contributed by atoms with Gasteiger partial charge in [-0.25, -0.2) is 0 Å². The second-order valence-corrected chi connectivity index (χ2v) is 6.32. The summed E-state index contributed by atoms with van der Waals surface area (Å²) in [5.74, 6) is 0.226. The summed E-state index contributed by atoms with van der Waals surface area (Å²) in [5, 5.41) is 3.73. The average molecular weight is 381 g/mol. The van der Waals surface area contributed by atoms with Gasteiger partial charge in [0.1, 0.15) is 5.75 Å². The van der Waals surface area contributed by atoms with Gasteiger partial charge < -0.3 is 15.0 Å². The van der Waals surface area contributed by atoms with Crippen LogP contribution in [0.3, 0.4) is 0 Å². The minimum atomic E-state index is -0.209. The Kier molecular flexibility index (Phi) is 7.41. The van der Waals surface area contributed by atoms with Crippen molar-refractivity contribution in [2.75, 3.05) is 24.6 Å². The first-order valence-corrected chi connectivity index (χ1v) is 8.97. The average Bonchev–Trinajstić information content (AvgIpc) is 2.61. The maximum atomic E-state index is 11.9. The number of nitrogens with one attached hydrogen (secondary N) is 1. The summed E-state index contributed by atoms with van der Waals surface area (Å²) in [6, 6.07) is 13.1. The molecule has 1 N–H and O–H groups in total. The third-order valence-corrected chi connectivity index (χ3v) is 4.34. The molecule has 0 bridgehead atoms. The van der Waals surface area contributed by atoms with Gasteiger partial charge in [0, 0.05) is 30.3 Å². The normalized spacial score (nSPS) is 10.4. The van der Waals surface area contributed by atoms with E-state index in [1.165, 1.54) is 5.69 Å². The van der Waals surface area contributed by atoms with Gasteiger partial charge in [0.25, 0.3) is 5.91 Å². The van der Waals surface area contributed by atoms with Gasteiger partial charge >= 0.3 is 0 Å². The van der Waals surface area contributed by atoms with Gasteiger partial charge in [-0.1, -0.05) is 35.3 Å². The van der Waals surface area contributed by atoms with Crippen LogP contribution in [0.1, 0.15) is 19.4 Å². The largest absolute Gasteiger partial charge is 0.482 e.